The maximum absolute atomic E-state index is 12.7. The number of piperidine rings is 1. The molecule has 7 heteroatoms. The van der Waals surface area contributed by atoms with Gasteiger partial charge in [-0.2, -0.15) is 0 Å². The molecular weight excluding hydrogens is 378 g/mol. The first-order valence-corrected chi connectivity index (χ1v) is 9.86. The third-order valence-electron chi connectivity index (χ3n) is 5.12. The highest BCUT2D eigenvalue weighted by molar-refractivity contribution is 6.31. The molecule has 0 spiro atoms. The summed E-state index contributed by atoms with van der Waals surface area (Å²) in [6, 6.07) is 8.43. The van der Waals surface area contributed by atoms with Gasteiger partial charge in [-0.1, -0.05) is 18.5 Å². The van der Waals surface area contributed by atoms with Crippen LogP contribution < -0.4 is 10.2 Å². The lowest BCUT2D eigenvalue weighted by Gasteiger charge is -2.36. The maximum Gasteiger partial charge on any atom is 0.335 e. The fourth-order valence-corrected chi connectivity index (χ4v) is 3.85. The highest BCUT2D eigenvalue weighted by Crippen LogP contribution is 2.28. The zero-order valence-corrected chi connectivity index (χ0v) is 16.8. The number of halogens is 1. The van der Waals surface area contributed by atoms with Gasteiger partial charge in [0.25, 0.3) is 5.91 Å². The number of carboxylic acid groups (broad SMARTS) is 1. The molecule has 2 aromatic rings. The van der Waals surface area contributed by atoms with Crippen LogP contribution in [-0.2, 0) is 0 Å². The second-order valence-corrected chi connectivity index (χ2v) is 7.51. The number of aromatic nitrogens is 1. The van der Waals surface area contributed by atoms with E-state index in [1.807, 2.05) is 0 Å². The van der Waals surface area contributed by atoms with Crippen LogP contribution in [0.1, 0.15) is 59.0 Å². The van der Waals surface area contributed by atoms with Gasteiger partial charge in [-0.3, -0.25) is 4.79 Å². The number of aromatic carboxylic acids is 1. The number of nitrogens with zero attached hydrogens (tertiary/aromatic N) is 2. The highest BCUT2D eigenvalue weighted by atomic mass is 35.5. The first kappa shape index (κ1) is 20.1. The van der Waals surface area contributed by atoms with Crippen LogP contribution in [0.2, 0.25) is 5.02 Å². The number of carboxylic acids is 1. The van der Waals surface area contributed by atoms with Crippen molar-refractivity contribution in [2.24, 2.45) is 0 Å². The van der Waals surface area contributed by atoms with Gasteiger partial charge in [-0.25, -0.2) is 9.78 Å². The van der Waals surface area contributed by atoms with Crippen molar-refractivity contribution in [2.75, 3.05) is 16.8 Å². The molecule has 0 saturated carbocycles. The molecule has 1 atom stereocenters. The van der Waals surface area contributed by atoms with Crippen molar-refractivity contribution >= 4 is 35.0 Å². The normalized spacial score (nSPS) is 16.7. The monoisotopic (exact) mass is 401 g/mol. The van der Waals surface area contributed by atoms with Crippen molar-refractivity contribution in [2.45, 2.75) is 45.6 Å². The predicted molar refractivity (Wildman–Crippen MR) is 111 cm³/mol. The van der Waals surface area contributed by atoms with E-state index < -0.39 is 5.97 Å². The van der Waals surface area contributed by atoms with Gasteiger partial charge in [0, 0.05) is 23.3 Å². The van der Waals surface area contributed by atoms with E-state index in [-0.39, 0.29) is 17.2 Å². The molecule has 1 amide bonds. The molecule has 2 N–H and O–H groups in total. The van der Waals surface area contributed by atoms with E-state index in [0.717, 1.165) is 31.6 Å². The van der Waals surface area contributed by atoms with Gasteiger partial charge >= 0.3 is 5.97 Å². The Hall–Kier alpha value is -2.60. The van der Waals surface area contributed by atoms with Gasteiger partial charge in [0.1, 0.15) is 11.5 Å². The summed E-state index contributed by atoms with van der Waals surface area (Å²) in [7, 11) is 0. The number of aryl methyl sites for hydroxylation is 1. The Morgan fingerprint density at radius 1 is 1.29 bits per heavy atom. The molecule has 1 aromatic carbocycles. The minimum atomic E-state index is -0.997. The summed E-state index contributed by atoms with van der Waals surface area (Å²) in [5.74, 6) is -0.651. The zero-order chi connectivity index (χ0) is 20.3. The van der Waals surface area contributed by atoms with E-state index in [2.05, 4.69) is 22.1 Å². The van der Waals surface area contributed by atoms with Crippen LogP contribution in [0.5, 0.6) is 0 Å². The number of nitrogens with one attached hydrogen (secondary N) is 1. The molecule has 0 radical (unpaired) electrons. The average Bonchev–Trinajstić information content (AvgIpc) is 2.67. The predicted octanol–water partition coefficient (Wildman–Crippen LogP) is 4.76. The molecule has 1 aliphatic rings. The fourth-order valence-electron chi connectivity index (χ4n) is 3.65. The number of hydrogen-bond acceptors (Lipinski definition) is 4. The van der Waals surface area contributed by atoms with Crippen LogP contribution in [-0.4, -0.2) is 34.6 Å². The third kappa shape index (κ3) is 4.44. The summed E-state index contributed by atoms with van der Waals surface area (Å²) >= 11 is 6.28. The molecule has 6 nitrogen and oxygen atoms in total. The van der Waals surface area contributed by atoms with E-state index in [1.165, 1.54) is 12.5 Å². The minimum Gasteiger partial charge on any atom is -0.478 e. The van der Waals surface area contributed by atoms with E-state index >= 15 is 0 Å². The zero-order valence-electron chi connectivity index (χ0n) is 16.0. The number of rotatable bonds is 5. The number of carbonyl (C=O) groups excluding carboxylic acids is 1. The van der Waals surface area contributed by atoms with E-state index in [1.54, 1.807) is 31.2 Å². The summed E-state index contributed by atoms with van der Waals surface area (Å²) in [6.45, 7) is 4.75. The Labute approximate surface area is 169 Å². The highest BCUT2D eigenvalue weighted by Gasteiger charge is 2.23. The SMILES string of the molecule is CC[C@H]1CCCCN1c1cc(Cl)cc(C(=O)Nc2ccc(C(=O)O)c(C)c2)n1. The summed E-state index contributed by atoms with van der Waals surface area (Å²) in [5, 5.41) is 12.4. The molecular formula is C21H24ClN3O3. The number of benzene rings is 1. The molecule has 1 aromatic heterocycles. The van der Waals surface area contributed by atoms with E-state index in [4.69, 9.17) is 16.7 Å². The molecule has 1 aliphatic heterocycles. The first-order valence-electron chi connectivity index (χ1n) is 9.48. The van der Waals surface area contributed by atoms with Crippen LogP contribution in [0, 0.1) is 6.92 Å². The quantitative estimate of drug-likeness (QED) is 0.754. The lowest BCUT2D eigenvalue weighted by molar-refractivity contribution is 0.0696. The Balaban J connectivity index is 1.83. The van der Waals surface area contributed by atoms with Crippen LogP contribution in [0.4, 0.5) is 11.5 Å². The van der Waals surface area contributed by atoms with E-state index in [0.29, 0.717) is 22.3 Å². The van der Waals surface area contributed by atoms with Crippen molar-refractivity contribution in [3.63, 3.8) is 0 Å². The van der Waals surface area contributed by atoms with Crippen molar-refractivity contribution < 1.29 is 14.7 Å². The second-order valence-electron chi connectivity index (χ2n) is 7.07. The lowest BCUT2D eigenvalue weighted by Crippen LogP contribution is -2.39. The van der Waals surface area contributed by atoms with Gasteiger partial charge < -0.3 is 15.3 Å². The van der Waals surface area contributed by atoms with Crippen molar-refractivity contribution in [3.8, 4) is 0 Å². The molecule has 148 valence electrons. The average molecular weight is 402 g/mol. The number of carbonyl (C=O) groups is 2. The number of hydrogen-bond donors (Lipinski definition) is 2. The van der Waals surface area contributed by atoms with Crippen molar-refractivity contribution in [3.05, 3.63) is 52.2 Å². The van der Waals surface area contributed by atoms with Gasteiger partial charge in [0.05, 0.1) is 5.56 Å². The number of amides is 1. The molecule has 3 rings (SSSR count). The standard InChI is InChI=1S/C21H24ClN3O3/c1-3-16-6-4-5-9-25(16)19-12-14(22)11-18(24-19)20(26)23-15-7-8-17(21(27)28)13(2)10-15/h7-8,10-12,16H,3-6,9H2,1-2H3,(H,23,26)(H,27,28)/t16-/m0/s1. The molecule has 28 heavy (non-hydrogen) atoms. The maximum atomic E-state index is 12.7. The summed E-state index contributed by atoms with van der Waals surface area (Å²) in [5.41, 5.74) is 1.53. The Morgan fingerprint density at radius 3 is 2.75 bits per heavy atom. The topological polar surface area (TPSA) is 82.5 Å². The Bertz CT molecular complexity index is 900. The minimum absolute atomic E-state index is 0.205. The second kappa shape index (κ2) is 8.61. The number of anilines is 2. The molecule has 1 saturated heterocycles. The van der Waals surface area contributed by atoms with Gasteiger partial charge in [0.15, 0.2) is 0 Å². The van der Waals surface area contributed by atoms with Crippen LogP contribution in [0.25, 0.3) is 0 Å². The first-order chi connectivity index (χ1) is 13.4. The smallest absolute Gasteiger partial charge is 0.335 e. The van der Waals surface area contributed by atoms with Crippen molar-refractivity contribution in [1.29, 1.82) is 0 Å². The molecule has 0 unspecified atom stereocenters. The van der Waals surface area contributed by atoms with Crippen molar-refractivity contribution in [1.82, 2.24) is 4.98 Å². The van der Waals surface area contributed by atoms with Crippen LogP contribution in [0.3, 0.4) is 0 Å². The van der Waals surface area contributed by atoms with Gasteiger partial charge in [-0.15, -0.1) is 0 Å². The lowest BCUT2D eigenvalue weighted by atomic mass is 10.00. The third-order valence-corrected chi connectivity index (χ3v) is 5.33. The van der Waals surface area contributed by atoms with E-state index in [9.17, 15) is 9.59 Å². The molecule has 0 bridgehead atoms. The number of pyridine rings is 1. The van der Waals surface area contributed by atoms with Crippen LogP contribution >= 0.6 is 11.6 Å². The Morgan fingerprint density at radius 2 is 2.07 bits per heavy atom. The Kier molecular flexibility index (Phi) is 6.19. The van der Waals surface area contributed by atoms with Crippen LogP contribution in [0.15, 0.2) is 30.3 Å². The summed E-state index contributed by atoms with van der Waals surface area (Å²) in [6.07, 6.45) is 4.43. The largest absolute Gasteiger partial charge is 0.478 e. The van der Waals surface area contributed by atoms with Gasteiger partial charge in [-0.05, 0) is 68.5 Å². The molecule has 2 heterocycles. The summed E-state index contributed by atoms with van der Waals surface area (Å²) in [4.78, 5) is 30.6. The fraction of sp³-hybridized carbons (Fsp3) is 0.381. The molecule has 0 aliphatic carbocycles. The van der Waals surface area contributed by atoms with Gasteiger partial charge in [0.2, 0.25) is 0 Å². The molecule has 1 fully saturated rings. The summed E-state index contributed by atoms with van der Waals surface area (Å²) < 4.78 is 0.